The average Bonchev–Trinajstić information content (AvgIpc) is 2.59. The highest BCUT2D eigenvalue weighted by atomic mass is 16.5. The van der Waals surface area contributed by atoms with E-state index in [0.717, 1.165) is 11.1 Å². The van der Waals surface area contributed by atoms with Gasteiger partial charge in [-0.2, -0.15) is 0 Å². The highest BCUT2D eigenvalue weighted by molar-refractivity contribution is 5.96. The normalized spacial score (nSPS) is 11.5. The molecule has 2 aromatic rings. The third-order valence-corrected chi connectivity index (χ3v) is 3.85. The van der Waals surface area contributed by atoms with Gasteiger partial charge in [0.25, 0.3) is 11.8 Å². The molecule has 0 aliphatic heterocycles. The van der Waals surface area contributed by atoms with Gasteiger partial charge < -0.3 is 20.5 Å². The van der Waals surface area contributed by atoms with E-state index >= 15 is 0 Å². The number of primary amides is 1. The minimum absolute atomic E-state index is 0.154. The van der Waals surface area contributed by atoms with Crippen LogP contribution in [0.1, 0.15) is 34.5 Å². The SMILES string of the molecule is COc1ccc(C(N)=O)c(OCC(=O)NC(C)c2ccccc2C)c1. The van der Waals surface area contributed by atoms with Crippen LogP contribution in [-0.2, 0) is 4.79 Å². The summed E-state index contributed by atoms with van der Waals surface area (Å²) in [5.41, 5.74) is 7.65. The molecule has 1 unspecified atom stereocenters. The lowest BCUT2D eigenvalue weighted by Gasteiger charge is -2.17. The van der Waals surface area contributed by atoms with Gasteiger partial charge in [-0.25, -0.2) is 0 Å². The predicted molar refractivity (Wildman–Crippen MR) is 94.7 cm³/mol. The van der Waals surface area contributed by atoms with Crippen LogP contribution in [0, 0.1) is 6.92 Å². The molecular weight excluding hydrogens is 320 g/mol. The van der Waals surface area contributed by atoms with Gasteiger partial charge in [0.2, 0.25) is 0 Å². The van der Waals surface area contributed by atoms with E-state index in [1.54, 1.807) is 6.07 Å². The largest absolute Gasteiger partial charge is 0.497 e. The molecular formula is C19H22N2O4. The Hall–Kier alpha value is -3.02. The van der Waals surface area contributed by atoms with Gasteiger partial charge in [0.15, 0.2) is 6.61 Å². The zero-order chi connectivity index (χ0) is 18.4. The van der Waals surface area contributed by atoms with Crippen molar-refractivity contribution < 1.29 is 19.1 Å². The molecule has 25 heavy (non-hydrogen) atoms. The van der Waals surface area contributed by atoms with Gasteiger partial charge in [0.05, 0.1) is 18.7 Å². The summed E-state index contributed by atoms with van der Waals surface area (Å²) in [6.45, 7) is 3.66. The number of carbonyl (C=O) groups excluding carboxylic acids is 2. The van der Waals surface area contributed by atoms with Crippen molar-refractivity contribution >= 4 is 11.8 Å². The van der Waals surface area contributed by atoms with Crippen LogP contribution < -0.4 is 20.5 Å². The van der Waals surface area contributed by atoms with E-state index in [-0.39, 0.29) is 29.9 Å². The number of carbonyl (C=O) groups is 2. The van der Waals surface area contributed by atoms with Crippen molar-refractivity contribution in [1.82, 2.24) is 5.32 Å². The molecule has 6 heteroatoms. The Morgan fingerprint density at radius 3 is 2.56 bits per heavy atom. The lowest BCUT2D eigenvalue weighted by Crippen LogP contribution is -2.31. The van der Waals surface area contributed by atoms with Crippen molar-refractivity contribution in [2.75, 3.05) is 13.7 Å². The highest BCUT2D eigenvalue weighted by Gasteiger charge is 2.15. The number of hydrogen-bond donors (Lipinski definition) is 2. The summed E-state index contributed by atoms with van der Waals surface area (Å²) in [4.78, 5) is 23.6. The molecule has 3 N–H and O–H groups in total. The van der Waals surface area contributed by atoms with E-state index in [9.17, 15) is 9.59 Å². The first-order chi connectivity index (χ1) is 11.9. The van der Waals surface area contributed by atoms with E-state index < -0.39 is 5.91 Å². The molecule has 2 aromatic carbocycles. The average molecular weight is 342 g/mol. The summed E-state index contributed by atoms with van der Waals surface area (Å²) in [6.07, 6.45) is 0. The fourth-order valence-electron chi connectivity index (χ4n) is 2.53. The zero-order valence-electron chi connectivity index (χ0n) is 14.5. The second-order valence-corrected chi connectivity index (χ2v) is 5.66. The van der Waals surface area contributed by atoms with Crippen molar-refractivity contribution in [3.8, 4) is 11.5 Å². The number of ether oxygens (including phenoxy) is 2. The fourth-order valence-corrected chi connectivity index (χ4v) is 2.53. The van der Waals surface area contributed by atoms with Gasteiger partial charge in [0, 0.05) is 6.07 Å². The zero-order valence-corrected chi connectivity index (χ0v) is 14.5. The minimum atomic E-state index is -0.633. The van der Waals surface area contributed by atoms with Gasteiger partial charge in [-0.05, 0) is 37.1 Å². The summed E-state index contributed by atoms with van der Waals surface area (Å²) in [5.74, 6) is -0.209. The van der Waals surface area contributed by atoms with Crippen LogP contribution in [0.15, 0.2) is 42.5 Å². The Kier molecular flexibility index (Phi) is 6.00. The summed E-state index contributed by atoms with van der Waals surface area (Å²) >= 11 is 0. The number of nitrogens with two attached hydrogens (primary N) is 1. The molecule has 2 rings (SSSR count). The van der Waals surface area contributed by atoms with Gasteiger partial charge in [0.1, 0.15) is 11.5 Å². The Morgan fingerprint density at radius 2 is 1.92 bits per heavy atom. The molecule has 0 radical (unpaired) electrons. The number of amides is 2. The van der Waals surface area contributed by atoms with Crippen LogP contribution in [0.4, 0.5) is 0 Å². The summed E-state index contributed by atoms with van der Waals surface area (Å²) < 4.78 is 10.6. The van der Waals surface area contributed by atoms with Crippen LogP contribution in [0.2, 0.25) is 0 Å². The molecule has 0 heterocycles. The summed E-state index contributed by atoms with van der Waals surface area (Å²) in [6, 6.07) is 12.3. The van der Waals surface area contributed by atoms with E-state index in [0.29, 0.717) is 5.75 Å². The molecule has 6 nitrogen and oxygen atoms in total. The standard InChI is InChI=1S/C19H22N2O4/c1-12-6-4-5-7-15(12)13(2)21-18(22)11-25-17-10-14(24-3)8-9-16(17)19(20)23/h4-10,13H,11H2,1-3H3,(H2,20,23)(H,21,22). The topological polar surface area (TPSA) is 90.7 Å². The van der Waals surface area contributed by atoms with Crippen LogP contribution in [0.3, 0.4) is 0 Å². The maximum Gasteiger partial charge on any atom is 0.258 e. The lowest BCUT2D eigenvalue weighted by molar-refractivity contribution is -0.123. The fraction of sp³-hybridized carbons (Fsp3) is 0.263. The Bertz CT molecular complexity index is 774. The van der Waals surface area contributed by atoms with Gasteiger partial charge in [-0.3, -0.25) is 9.59 Å². The number of nitrogens with one attached hydrogen (secondary N) is 1. The Balaban J connectivity index is 2.02. The number of hydrogen-bond acceptors (Lipinski definition) is 4. The molecule has 0 aliphatic carbocycles. The van der Waals surface area contributed by atoms with Crippen molar-refractivity contribution in [2.24, 2.45) is 5.73 Å². The number of rotatable bonds is 7. The van der Waals surface area contributed by atoms with E-state index in [1.807, 2.05) is 38.1 Å². The maximum atomic E-state index is 12.2. The van der Waals surface area contributed by atoms with Crippen molar-refractivity contribution in [2.45, 2.75) is 19.9 Å². The van der Waals surface area contributed by atoms with E-state index in [4.69, 9.17) is 15.2 Å². The van der Waals surface area contributed by atoms with Crippen molar-refractivity contribution in [3.63, 3.8) is 0 Å². The lowest BCUT2D eigenvalue weighted by atomic mass is 10.0. The first-order valence-electron chi connectivity index (χ1n) is 7.88. The molecule has 0 aliphatic rings. The second kappa shape index (κ2) is 8.19. The molecule has 0 spiro atoms. The highest BCUT2D eigenvalue weighted by Crippen LogP contribution is 2.24. The Labute approximate surface area is 146 Å². The molecule has 0 aromatic heterocycles. The van der Waals surface area contributed by atoms with E-state index in [2.05, 4.69) is 5.32 Å². The third kappa shape index (κ3) is 4.73. The number of benzene rings is 2. The van der Waals surface area contributed by atoms with Gasteiger partial charge in [-0.1, -0.05) is 24.3 Å². The van der Waals surface area contributed by atoms with Crippen LogP contribution >= 0.6 is 0 Å². The quantitative estimate of drug-likeness (QED) is 0.808. The van der Waals surface area contributed by atoms with Crippen LogP contribution in [-0.4, -0.2) is 25.5 Å². The van der Waals surface area contributed by atoms with E-state index in [1.165, 1.54) is 19.2 Å². The maximum absolute atomic E-state index is 12.2. The third-order valence-electron chi connectivity index (χ3n) is 3.85. The summed E-state index contributed by atoms with van der Waals surface area (Å²) in [7, 11) is 1.50. The minimum Gasteiger partial charge on any atom is -0.497 e. The van der Waals surface area contributed by atoms with Crippen molar-refractivity contribution in [3.05, 3.63) is 59.2 Å². The number of methoxy groups -OCH3 is 1. The molecule has 0 saturated carbocycles. The Morgan fingerprint density at radius 1 is 1.20 bits per heavy atom. The van der Waals surface area contributed by atoms with Gasteiger partial charge >= 0.3 is 0 Å². The molecule has 2 amide bonds. The molecule has 1 atom stereocenters. The second-order valence-electron chi connectivity index (χ2n) is 5.66. The number of aryl methyl sites for hydroxylation is 1. The monoisotopic (exact) mass is 342 g/mol. The first-order valence-corrected chi connectivity index (χ1v) is 7.88. The molecule has 0 bridgehead atoms. The van der Waals surface area contributed by atoms with Crippen LogP contribution in [0.5, 0.6) is 11.5 Å². The van der Waals surface area contributed by atoms with Gasteiger partial charge in [-0.15, -0.1) is 0 Å². The molecule has 0 saturated heterocycles. The molecule has 132 valence electrons. The van der Waals surface area contributed by atoms with Crippen LogP contribution in [0.25, 0.3) is 0 Å². The summed E-state index contributed by atoms with van der Waals surface area (Å²) in [5, 5.41) is 2.87. The predicted octanol–water partition coefficient (Wildman–Crippen LogP) is 2.36. The molecule has 0 fully saturated rings. The first kappa shape index (κ1) is 18.3. The smallest absolute Gasteiger partial charge is 0.258 e. The van der Waals surface area contributed by atoms with Crippen molar-refractivity contribution in [1.29, 1.82) is 0 Å².